The van der Waals surface area contributed by atoms with E-state index in [0.29, 0.717) is 26.8 Å². The average molecular weight is 475 g/mol. The summed E-state index contributed by atoms with van der Waals surface area (Å²) in [6.07, 6.45) is 3.15. The van der Waals surface area contributed by atoms with Crippen molar-refractivity contribution in [3.8, 4) is 11.3 Å². The number of aromatic nitrogens is 3. The molecular weight excluding hydrogens is 455 g/mol. The van der Waals surface area contributed by atoms with Crippen molar-refractivity contribution in [2.75, 3.05) is 4.72 Å². The van der Waals surface area contributed by atoms with E-state index < -0.39 is 10.0 Å². The van der Waals surface area contributed by atoms with E-state index in [1.807, 2.05) is 12.1 Å². The normalized spacial score (nSPS) is 12.3. The molecule has 1 aromatic carbocycles. The number of fused-ring (bicyclic) bond motifs is 1. The van der Waals surface area contributed by atoms with Gasteiger partial charge in [0.05, 0.1) is 26.2 Å². The Balaban J connectivity index is 1.73. The number of rotatable bonds is 4. The van der Waals surface area contributed by atoms with Crippen LogP contribution in [-0.2, 0) is 15.4 Å². The summed E-state index contributed by atoms with van der Waals surface area (Å²) in [6.45, 7) is 6.22. The van der Waals surface area contributed by atoms with E-state index in [-0.39, 0.29) is 16.1 Å². The van der Waals surface area contributed by atoms with Crippen molar-refractivity contribution < 1.29 is 8.42 Å². The predicted molar refractivity (Wildman–Crippen MR) is 124 cm³/mol. The van der Waals surface area contributed by atoms with E-state index >= 15 is 0 Å². The van der Waals surface area contributed by atoms with Crippen molar-refractivity contribution in [1.82, 2.24) is 14.6 Å². The Hall–Kier alpha value is -2.61. The quantitative estimate of drug-likeness (QED) is 0.405. The molecular formula is C22H20Cl2N4O2S. The molecule has 6 nitrogen and oxygen atoms in total. The first-order valence-electron chi connectivity index (χ1n) is 9.47. The third kappa shape index (κ3) is 4.39. The summed E-state index contributed by atoms with van der Waals surface area (Å²) >= 11 is 12.4. The zero-order chi connectivity index (χ0) is 22.4. The van der Waals surface area contributed by atoms with Gasteiger partial charge in [-0.25, -0.2) is 12.9 Å². The van der Waals surface area contributed by atoms with E-state index in [4.69, 9.17) is 23.2 Å². The molecule has 0 aliphatic heterocycles. The van der Waals surface area contributed by atoms with Gasteiger partial charge < -0.3 is 0 Å². The molecule has 0 fully saturated rings. The van der Waals surface area contributed by atoms with Gasteiger partial charge in [0.1, 0.15) is 5.82 Å². The van der Waals surface area contributed by atoms with Crippen LogP contribution in [0.3, 0.4) is 0 Å². The van der Waals surface area contributed by atoms with E-state index in [1.165, 1.54) is 10.7 Å². The van der Waals surface area contributed by atoms with Crippen LogP contribution in [0, 0.1) is 0 Å². The van der Waals surface area contributed by atoms with Crippen LogP contribution in [-0.4, -0.2) is 23.0 Å². The Morgan fingerprint density at radius 3 is 2.32 bits per heavy atom. The molecule has 0 atom stereocenters. The lowest BCUT2D eigenvalue weighted by Gasteiger charge is -2.19. The lowest BCUT2D eigenvalue weighted by molar-refractivity contribution is 0.587. The minimum absolute atomic E-state index is 0.0707. The van der Waals surface area contributed by atoms with E-state index in [1.54, 1.807) is 42.6 Å². The third-order valence-electron chi connectivity index (χ3n) is 4.84. The number of sulfonamides is 1. The van der Waals surface area contributed by atoms with E-state index in [9.17, 15) is 8.42 Å². The van der Waals surface area contributed by atoms with Crippen molar-refractivity contribution in [2.45, 2.75) is 31.1 Å². The van der Waals surface area contributed by atoms with Crippen LogP contribution < -0.4 is 4.72 Å². The van der Waals surface area contributed by atoms with Gasteiger partial charge in [-0.05, 0) is 47.4 Å². The van der Waals surface area contributed by atoms with Gasteiger partial charge in [0.15, 0.2) is 0 Å². The molecule has 4 aromatic rings. The third-order valence-corrected chi connectivity index (χ3v) is 6.74. The first-order chi connectivity index (χ1) is 14.5. The number of nitrogens with one attached hydrogen (secondary N) is 1. The molecule has 0 radical (unpaired) electrons. The molecule has 160 valence electrons. The highest BCUT2D eigenvalue weighted by atomic mass is 35.5. The summed E-state index contributed by atoms with van der Waals surface area (Å²) in [5, 5.41) is 5.42. The van der Waals surface area contributed by atoms with Crippen molar-refractivity contribution in [3.05, 3.63) is 76.5 Å². The number of benzene rings is 1. The molecule has 3 aromatic heterocycles. The van der Waals surface area contributed by atoms with Crippen LogP contribution in [0.15, 0.2) is 65.8 Å². The molecule has 31 heavy (non-hydrogen) atoms. The molecule has 1 N–H and O–H groups in total. The second-order valence-corrected chi connectivity index (χ2v) is 10.7. The first-order valence-corrected chi connectivity index (χ1v) is 11.7. The summed E-state index contributed by atoms with van der Waals surface area (Å²) in [5.41, 5.74) is 2.79. The number of halogens is 2. The molecule has 0 aliphatic rings. The van der Waals surface area contributed by atoms with Gasteiger partial charge in [-0.2, -0.15) is 5.10 Å². The summed E-state index contributed by atoms with van der Waals surface area (Å²) < 4.78 is 30.1. The smallest absolute Gasteiger partial charge is 0.263 e. The lowest BCUT2D eigenvalue weighted by Crippen LogP contribution is -2.16. The number of anilines is 1. The summed E-state index contributed by atoms with van der Waals surface area (Å²) in [5.74, 6) is 0.264. The Labute approximate surface area is 190 Å². The molecule has 0 saturated heterocycles. The zero-order valence-electron chi connectivity index (χ0n) is 17.1. The summed E-state index contributed by atoms with van der Waals surface area (Å²) in [6, 6.07) is 13.5. The van der Waals surface area contributed by atoms with E-state index in [2.05, 4.69) is 35.6 Å². The fourth-order valence-corrected chi connectivity index (χ4v) is 4.56. The van der Waals surface area contributed by atoms with Gasteiger partial charge in [0.2, 0.25) is 0 Å². The van der Waals surface area contributed by atoms with Gasteiger partial charge in [-0.3, -0.25) is 9.71 Å². The maximum Gasteiger partial charge on any atom is 0.263 e. The summed E-state index contributed by atoms with van der Waals surface area (Å²) in [4.78, 5) is 4.24. The van der Waals surface area contributed by atoms with Gasteiger partial charge >= 0.3 is 0 Å². The van der Waals surface area contributed by atoms with Crippen molar-refractivity contribution in [1.29, 1.82) is 0 Å². The van der Waals surface area contributed by atoms with Crippen LogP contribution in [0.2, 0.25) is 10.0 Å². The Morgan fingerprint density at radius 1 is 0.968 bits per heavy atom. The van der Waals surface area contributed by atoms with Gasteiger partial charge in [-0.1, -0.05) is 56.1 Å². The molecule has 0 saturated carbocycles. The second-order valence-electron chi connectivity index (χ2n) is 8.16. The molecule has 0 unspecified atom stereocenters. The fourth-order valence-electron chi connectivity index (χ4n) is 3.14. The molecule has 0 bridgehead atoms. The number of nitrogens with zero attached hydrogens (tertiary/aromatic N) is 3. The van der Waals surface area contributed by atoms with Crippen LogP contribution in [0.1, 0.15) is 26.3 Å². The molecule has 0 amide bonds. The average Bonchev–Trinajstić information content (AvgIpc) is 3.16. The number of pyridine rings is 2. The molecule has 0 spiro atoms. The van der Waals surface area contributed by atoms with Gasteiger partial charge in [0, 0.05) is 18.0 Å². The topological polar surface area (TPSA) is 76.4 Å². The maximum atomic E-state index is 13.0. The van der Waals surface area contributed by atoms with Crippen molar-refractivity contribution in [3.63, 3.8) is 0 Å². The second kappa shape index (κ2) is 7.82. The van der Waals surface area contributed by atoms with Crippen LogP contribution in [0.5, 0.6) is 0 Å². The van der Waals surface area contributed by atoms with Gasteiger partial charge in [0.25, 0.3) is 10.0 Å². The molecule has 3 heterocycles. The Bertz CT molecular complexity index is 1380. The highest BCUT2D eigenvalue weighted by Gasteiger charge is 2.20. The van der Waals surface area contributed by atoms with Crippen LogP contribution in [0.25, 0.3) is 16.8 Å². The Morgan fingerprint density at radius 2 is 1.68 bits per heavy atom. The van der Waals surface area contributed by atoms with Crippen molar-refractivity contribution in [2.24, 2.45) is 0 Å². The Kier molecular flexibility index (Phi) is 5.45. The van der Waals surface area contributed by atoms with Crippen LogP contribution >= 0.6 is 23.2 Å². The largest absolute Gasteiger partial charge is 0.263 e. The fraction of sp³-hybridized carbons (Fsp3) is 0.182. The van der Waals surface area contributed by atoms with Crippen LogP contribution in [0.4, 0.5) is 5.82 Å². The monoisotopic (exact) mass is 474 g/mol. The molecule has 9 heteroatoms. The minimum Gasteiger partial charge on any atom is -0.263 e. The molecule has 4 rings (SSSR count). The maximum absolute atomic E-state index is 13.0. The highest BCUT2D eigenvalue weighted by molar-refractivity contribution is 7.92. The number of hydrogen-bond donors (Lipinski definition) is 1. The highest BCUT2D eigenvalue weighted by Crippen LogP contribution is 2.29. The standard InChI is InChI=1S/C22H20Cl2N4O2S/c1-22(2,3)15-4-6-17(7-5-15)31(29,30)27-21-9-8-18(24)20-11-19(26-28(20)21)14-10-16(23)13-25-12-14/h4-13,27H,1-3H3. The first kappa shape index (κ1) is 21.6. The van der Waals surface area contributed by atoms with Crippen molar-refractivity contribution >= 4 is 44.6 Å². The molecule has 0 aliphatic carbocycles. The number of hydrogen-bond acceptors (Lipinski definition) is 4. The predicted octanol–water partition coefficient (Wildman–Crippen LogP) is 5.80. The van der Waals surface area contributed by atoms with Gasteiger partial charge in [-0.15, -0.1) is 0 Å². The van der Waals surface area contributed by atoms with E-state index in [0.717, 1.165) is 5.56 Å². The SMILES string of the molecule is CC(C)(C)c1ccc(S(=O)(=O)Nc2ccc(Cl)c3cc(-c4cncc(Cl)c4)nn23)cc1. The summed E-state index contributed by atoms with van der Waals surface area (Å²) in [7, 11) is -3.83. The zero-order valence-corrected chi connectivity index (χ0v) is 19.4. The lowest BCUT2D eigenvalue weighted by atomic mass is 9.87. The minimum atomic E-state index is -3.83.